The number of aryl methyl sites for hydroxylation is 1. The third-order valence-corrected chi connectivity index (χ3v) is 4.99. The van der Waals surface area contributed by atoms with Gasteiger partial charge in [-0.2, -0.15) is 0 Å². The van der Waals surface area contributed by atoms with Gasteiger partial charge in [-0.1, -0.05) is 26.5 Å². The van der Waals surface area contributed by atoms with Crippen LogP contribution in [0, 0.1) is 12.8 Å². The van der Waals surface area contributed by atoms with E-state index in [1.165, 1.54) is 7.11 Å². The Morgan fingerprint density at radius 2 is 2.07 bits per heavy atom. The molecule has 0 bridgehead atoms. The number of hydrogen-bond donors (Lipinski definition) is 2. The summed E-state index contributed by atoms with van der Waals surface area (Å²) in [5.41, 5.74) is 2.64. The number of cyclic esters (lactones) is 1. The fourth-order valence-corrected chi connectivity index (χ4v) is 3.64. The third-order valence-electron chi connectivity index (χ3n) is 4.99. The van der Waals surface area contributed by atoms with Gasteiger partial charge in [0, 0.05) is 11.1 Å². The van der Waals surface area contributed by atoms with Gasteiger partial charge in [-0.15, -0.1) is 0 Å². The maximum absolute atomic E-state index is 12.9. The molecule has 1 atom stereocenters. The van der Waals surface area contributed by atoms with Gasteiger partial charge in [0.2, 0.25) is 0 Å². The number of phenolic OH excluding ortho intramolecular Hbond substituents is 1. The Morgan fingerprint density at radius 3 is 2.69 bits per heavy atom. The van der Waals surface area contributed by atoms with Crippen molar-refractivity contribution >= 4 is 12.0 Å². The topological polar surface area (TPSA) is 85.2 Å². The predicted octanol–water partition coefficient (Wildman–Crippen LogP) is 4.89. The van der Waals surface area contributed by atoms with Crippen LogP contribution >= 0.6 is 0 Å². The van der Waals surface area contributed by atoms with Crippen LogP contribution < -0.4 is 9.47 Å². The summed E-state index contributed by atoms with van der Waals surface area (Å²) in [6.07, 6.45) is 1.35. The van der Waals surface area contributed by atoms with E-state index >= 15 is 0 Å². The van der Waals surface area contributed by atoms with Crippen LogP contribution in [-0.2, 0) is 11.3 Å². The van der Waals surface area contributed by atoms with E-state index in [2.05, 4.69) is 6.58 Å². The first-order chi connectivity index (χ1) is 13.8. The lowest BCUT2D eigenvalue weighted by Crippen LogP contribution is -2.15. The summed E-state index contributed by atoms with van der Waals surface area (Å²) >= 11 is 0. The number of carbonyl (C=O) groups excluding carboxylic acids is 1. The van der Waals surface area contributed by atoms with Gasteiger partial charge in [0.25, 0.3) is 0 Å². The number of ether oxygens (including phenoxy) is 3. The van der Waals surface area contributed by atoms with Crippen LogP contribution in [-0.4, -0.2) is 23.3 Å². The number of carbonyl (C=O) groups is 1. The molecule has 3 rings (SSSR count). The number of hydrogen-bond acceptors (Lipinski definition) is 6. The molecular formula is C23H26O6. The van der Waals surface area contributed by atoms with Crippen molar-refractivity contribution in [3.05, 3.63) is 52.6 Å². The standard InChI is InChI=1S/C23H26O6/c1-6-14-13(4)10-18(25)21-16(14)11-28-23(26)20-19(29-21)8-7-15(22(20)27-5)17(24)9-12(2)3/h6-8,10,12,17,24-25H,1,9,11H2,2-5H3/t17-/m0/s1. The smallest absolute Gasteiger partial charge is 0.346 e. The minimum absolute atomic E-state index is 0.0603. The molecule has 6 nitrogen and oxygen atoms in total. The normalized spacial score (nSPS) is 14.1. The highest BCUT2D eigenvalue weighted by atomic mass is 16.5. The Labute approximate surface area is 170 Å². The molecule has 1 heterocycles. The van der Waals surface area contributed by atoms with Crippen molar-refractivity contribution in [2.45, 2.75) is 39.9 Å². The Hall–Kier alpha value is -2.99. The number of rotatable bonds is 5. The molecule has 2 aromatic rings. The Morgan fingerprint density at radius 1 is 1.34 bits per heavy atom. The molecule has 1 aliphatic rings. The van der Waals surface area contributed by atoms with Crippen molar-refractivity contribution in [2.75, 3.05) is 7.11 Å². The molecule has 0 saturated heterocycles. The van der Waals surface area contributed by atoms with Crippen LogP contribution in [0.25, 0.3) is 6.08 Å². The van der Waals surface area contributed by atoms with Gasteiger partial charge in [-0.05, 0) is 48.6 Å². The summed E-state index contributed by atoms with van der Waals surface area (Å²) in [6.45, 7) is 9.54. The monoisotopic (exact) mass is 398 g/mol. The Bertz CT molecular complexity index is 961. The first kappa shape index (κ1) is 20.7. The maximum atomic E-state index is 12.9. The average Bonchev–Trinajstić information content (AvgIpc) is 2.65. The molecule has 2 aromatic carbocycles. The second kappa shape index (κ2) is 8.17. The molecule has 0 amide bonds. The minimum atomic E-state index is -0.802. The first-order valence-corrected chi connectivity index (χ1v) is 9.50. The fraction of sp³-hybridized carbons (Fsp3) is 0.348. The maximum Gasteiger partial charge on any atom is 0.346 e. The van der Waals surface area contributed by atoms with Gasteiger partial charge in [0.1, 0.15) is 23.7 Å². The van der Waals surface area contributed by atoms with Gasteiger partial charge in [0.05, 0.1) is 13.2 Å². The molecule has 0 radical (unpaired) electrons. The summed E-state index contributed by atoms with van der Waals surface area (Å²) in [5.74, 6) is 0.162. The molecular weight excluding hydrogens is 372 g/mol. The van der Waals surface area contributed by atoms with Crippen molar-refractivity contribution in [2.24, 2.45) is 5.92 Å². The number of fused-ring (bicyclic) bond motifs is 2. The van der Waals surface area contributed by atoms with E-state index in [4.69, 9.17) is 14.2 Å². The van der Waals surface area contributed by atoms with Crippen molar-refractivity contribution < 1.29 is 29.2 Å². The quantitative estimate of drug-likeness (QED) is 0.697. The van der Waals surface area contributed by atoms with E-state index in [0.29, 0.717) is 17.5 Å². The average molecular weight is 398 g/mol. The Kier molecular flexibility index (Phi) is 5.84. The highest BCUT2D eigenvalue weighted by molar-refractivity contribution is 5.97. The largest absolute Gasteiger partial charge is 0.504 e. The zero-order valence-electron chi connectivity index (χ0n) is 17.1. The molecule has 0 fully saturated rings. The first-order valence-electron chi connectivity index (χ1n) is 9.50. The number of aliphatic hydroxyl groups excluding tert-OH is 1. The molecule has 1 aliphatic heterocycles. The van der Waals surface area contributed by atoms with E-state index in [-0.39, 0.29) is 41.1 Å². The van der Waals surface area contributed by atoms with Crippen LogP contribution in [0.1, 0.15) is 59.0 Å². The second-order valence-electron chi connectivity index (χ2n) is 7.52. The van der Waals surface area contributed by atoms with Crippen LogP contribution in [0.4, 0.5) is 0 Å². The van der Waals surface area contributed by atoms with Gasteiger partial charge >= 0.3 is 5.97 Å². The molecule has 154 valence electrons. The van der Waals surface area contributed by atoms with Crippen LogP contribution in [0.3, 0.4) is 0 Å². The summed E-state index contributed by atoms with van der Waals surface area (Å²) in [6, 6.07) is 4.83. The number of esters is 1. The second-order valence-corrected chi connectivity index (χ2v) is 7.52. The predicted molar refractivity (Wildman–Crippen MR) is 110 cm³/mol. The van der Waals surface area contributed by atoms with Gasteiger partial charge < -0.3 is 24.4 Å². The Balaban J connectivity index is 2.18. The molecule has 0 saturated carbocycles. The highest BCUT2D eigenvalue weighted by Gasteiger charge is 2.30. The lowest BCUT2D eigenvalue weighted by molar-refractivity contribution is 0.0453. The molecule has 0 aliphatic carbocycles. The highest BCUT2D eigenvalue weighted by Crippen LogP contribution is 2.45. The minimum Gasteiger partial charge on any atom is -0.504 e. The van der Waals surface area contributed by atoms with Crippen molar-refractivity contribution in [3.8, 4) is 23.0 Å². The molecule has 0 aromatic heterocycles. The van der Waals surface area contributed by atoms with E-state index in [9.17, 15) is 15.0 Å². The van der Waals surface area contributed by atoms with Gasteiger partial charge in [0.15, 0.2) is 11.5 Å². The van der Waals surface area contributed by atoms with Crippen LogP contribution in [0.5, 0.6) is 23.0 Å². The summed E-state index contributed by atoms with van der Waals surface area (Å²) in [5, 5.41) is 21.1. The lowest BCUT2D eigenvalue weighted by Gasteiger charge is -2.24. The number of benzene rings is 2. The molecule has 6 heteroatoms. The summed E-state index contributed by atoms with van der Waals surface area (Å²) < 4.78 is 17.0. The molecule has 0 unspecified atom stereocenters. The zero-order chi connectivity index (χ0) is 21.3. The van der Waals surface area contributed by atoms with E-state index in [1.54, 1.807) is 24.3 Å². The van der Waals surface area contributed by atoms with Crippen molar-refractivity contribution in [1.82, 2.24) is 0 Å². The number of phenols is 1. The lowest BCUT2D eigenvalue weighted by atomic mass is 9.96. The molecule has 29 heavy (non-hydrogen) atoms. The molecule has 2 N–H and O–H groups in total. The van der Waals surface area contributed by atoms with Crippen LogP contribution in [0.15, 0.2) is 24.8 Å². The van der Waals surface area contributed by atoms with Crippen LogP contribution in [0.2, 0.25) is 0 Å². The third kappa shape index (κ3) is 3.80. The summed E-state index contributed by atoms with van der Waals surface area (Å²) in [4.78, 5) is 12.9. The van der Waals surface area contributed by atoms with Gasteiger partial charge in [-0.3, -0.25) is 0 Å². The van der Waals surface area contributed by atoms with E-state index in [1.807, 2.05) is 20.8 Å². The number of methoxy groups -OCH3 is 1. The van der Waals surface area contributed by atoms with E-state index in [0.717, 1.165) is 11.1 Å². The van der Waals surface area contributed by atoms with Gasteiger partial charge in [-0.25, -0.2) is 4.79 Å². The SMILES string of the molecule is C=Cc1c(C)cc(O)c2c1COC(=O)c1c(ccc([C@@H](O)CC(C)C)c1OC)O2. The van der Waals surface area contributed by atoms with E-state index < -0.39 is 12.1 Å². The van der Waals surface area contributed by atoms with Crippen molar-refractivity contribution in [3.63, 3.8) is 0 Å². The number of aromatic hydroxyl groups is 1. The van der Waals surface area contributed by atoms with Crippen molar-refractivity contribution in [1.29, 1.82) is 0 Å². The molecule has 0 spiro atoms. The number of aliphatic hydroxyl groups is 1. The summed E-state index contributed by atoms with van der Waals surface area (Å²) in [7, 11) is 1.43. The fourth-order valence-electron chi connectivity index (χ4n) is 3.64. The zero-order valence-corrected chi connectivity index (χ0v) is 17.1.